The Morgan fingerprint density at radius 3 is 2.51 bits per heavy atom. The predicted octanol–water partition coefficient (Wildman–Crippen LogP) is 5.75. The standard InChI is InChI=1S/C31H32N4O2/c1-37-28-12-5-7-24(20-28)30-29(21-35(33-30)27-8-3-2-4-9-27)31(36)32-25-14-13-22-15-17-34(26-10-6-11-26)18-16-23(22)19-25/h2-5,7-9,12-14,19-21,26H,6,10-11,15-18H2,1H3,(H,32,36). The maximum Gasteiger partial charge on any atom is 0.259 e. The van der Waals surface area contributed by atoms with Gasteiger partial charge < -0.3 is 10.1 Å². The molecule has 6 heteroatoms. The van der Waals surface area contributed by atoms with Gasteiger partial charge in [-0.25, -0.2) is 4.68 Å². The van der Waals surface area contributed by atoms with Crippen molar-refractivity contribution < 1.29 is 9.53 Å². The number of carbonyl (C=O) groups is 1. The van der Waals surface area contributed by atoms with Gasteiger partial charge in [0.2, 0.25) is 0 Å². The van der Waals surface area contributed by atoms with Gasteiger partial charge in [0, 0.05) is 36.6 Å². The van der Waals surface area contributed by atoms with E-state index in [1.165, 1.54) is 30.4 Å². The van der Waals surface area contributed by atoms with Gasteiger partial charge in [0.05, 0.1) is 18.4 Å². The van der Waals surface area contributed by atoms with Gasteiger partial charge >= 0.3 is 0 Å². The first-order chi connectivity index (χ1) is 18.2. The number of anilines is 1. The van der Waals surface area contributed by atoms with Crippen LogP contribution in [-0.4, -0.2) is 46.8 Å². The van der Waals surface area contributed by atoms with E-state index in [2.05, 4.69) is 22.3 Å². The molecule has 0 spiro atoms. The van der Waals surface area contributed by atoms with Crippen LogP contribution in [0.3, 0.4) is 0 Å². The number of benzene rings is 3. The van der Waals surface area contributed by atoms with Gasteiger partial charge in [-0.15, -0.1) is 0 Å². The zero-order chi connectivity index (χ0) is 25.2. The van der Waals surface area contributed by atoms with Gasteiger partial charge in [-0.1, -0.05) is 42.8 Å². The third-order valence-corrected chi connectivity index (χ3v) is 7.71. The van der Waals surface area contributed by atoms with E-state index in [0.29, 0.717) is 11.3 Å². The number of nitrogens with zero attached hydrogens (tertiary/aromatic N) is 3. The van der Waals surface area contributed by atoms with Crippen molar-refractivity contribution in [2.75, 3.05) is 25.5 Å². The number of hydrogen-bond acceptors (Lipinski definition) is 4. The van der Waals surface area contributed by atoms with Gasteiger partial charge in [0.1, 0.15) is 11.4 Å². The molecule has 0 atom stereocenters. The van der Waals surface area contributed by atoms with Crippen LogP contribution in [-0.2, 0) is 12.8 Å². The Morgan fingerprint density at radius 1 is 0.946 bits per heavy atom. The fourth-order valence-electron chi connectivity index (χ4n) is 5.37. The van der Waals surface area contributed by atoms with Gasteiger partial charge in [-0.2, -0.15) is 5.10 Å². The second-order valence-electron chi connectivity index (χ2n) is 9.96. The van der Waals surface area contributed by atoms with Crippen molar-refractivity contribution in [1.29, 1.82) is 0 Å². The summed E-state index contributed by atoms with van der Waals surface area (Å²) in [6.45, 7) is 2.23. The summed E-state index contributed by atoms with van der Waals surface area (Å²) in [5, 5.41) is 7.96. The van der Waals surface area contributed by atoms with Gasteiger partial charge in [0.15, 0.2) is 0 Å². The van der Waals surface area contributed by atoms with Crippen molar-refractivity contribution >= 4 is 11.6 Å². The molecule has 6 rings (SSSR count). The molecule has 0 bridgehead atoms. The van der Waals surface area contributed by atoms with E-state index in [1.54, 1.807) is 18.0 Å². The summed E-state index contributed by atoms with van der Waals surface area (Å²) < 4.78 is 7.18. The highest BCUT2D eigenvalue weighted by molar-refractivity contribution is 6.08. The van der Waals surface area contributed by atoms with Crippen LogP contribution >= 0.6 is 0 Å². The third-order valence-electron chi connectivity index (χ3n) is 7.71. The molecule has 37 heavy (non-hydrogen) atoms. The molecule has 1 amide bonds. The Bertz CT molecular complexity index is 1410. The highest BCUT2D eigenvalue weighted by atomic mass is 16.5. The molecule has 1 N–H and O–H groups in total. The first-order valence-electron chi connectivity index (χ1n) is 13.1. The first kappa shape index (κ1) is 23.5. The predicted molar refractivity (Wildman–Crippen MR) is 147 cm³/mol. The number of nitrogens with one attached hydrogen (secondary N) is 1. The van der Waals surface area contributed by atoms with Crippen molar-refractivity contribution in [3.8, 4) is 22.7 Å². The largest absolute Gasteiger partial charge is 0.497 e. The quantitative estimate of drug-likeness (QED) is 0.372. The highest BCUT2D eigenvalue weighted by Gasteiger charge is 2.26. The number of fused-ring (bicyclic) bond motifs is 1. The maximum atomic E-state index is 13.6. The number of ether oxygens (including phenoxy) is 1. The van der Waals surface area contributed by atoms with E-state index in [9.17, 15) is 4.79 Å². The topological polar surface area (TPSA) is 59.4 Å². The van der Waals surface area contributed by atoms with E-state index in [4.69, 9.17) is 9.84 Å². The Labute approximate surface area is 217 Å². The van der Waals surface area contributed by atoms with Crippen molar-refractivity contribution in [2.45, 2.75) is 38.1 Å². The SMILES string of the molecule is COc1cccc(-c2nn(-c3ccccc3)cc2C(=O)Nc2ccc3c(c2)CCN(C2CCC2)CC3)c1. The number of amides is 1. The number of aromatic nitrogens is 2. The molecule has 0 saturated heterocycles. The second kappa shape index (κ2) is 10.2. The Kier molecular flexibility index (Phi) is 6.49. The maximum absolute atomic E-state index is 13.6. The van der Waals surface area contributed by atoms with Gasteiger partial charge in [-0.3, -0.25) is 9.69 Å². The van der Waals surface area contributed by atoms with Gasteiger partial charge in [0.25, 0.3) is 5.91 Å². The van der Waals surface area contributed by atoms with E-state index in [1.807, 2.05) is 60.7 Å². The van der Waals surface area contributed by atoms with Gasteiger partial charge in [-0.05, 0) is 73.2 Å². The summed E-state index contributed by atoms with van der Waals surface area (Å²) in [5.41, 5.74) is 6.42. The Balaban J connectivity index is 1.28. The molecule has 0 unspecified atom stereocenters. The van der Waals surface area contributed by atoms with Crippen LogP contribution in [0.4, 0.5) is 5.69 Å². The minimum atomic E-state index is -0.176. The molecule has 1 aliphatic carbocycles. The Morgan fingerprint density at radius 2 is 1.76 bits per heavy atom. The van der Waals surface area contributed by atoms with Crippen LogP contribution in [0.25, 0.3) is 16.9 Å². The fourth-order valence-corrected chi connectivity index (χ4v) is 5.37. The van der Waals surface area contributed by atoms with Crippen LogP contribution in [0.2, 0.25) is 0 Å². The second-order valence-corrected chi connectivity index (χ2v) is 9.96. The fraction of sp³-hybridized carbons (Fsp3) is 0.290. The van der Waals surface area contributed by atoms with Crippen molar-refractivity contribution in [2.24, 2.45) is 0 Å². The number of rotatable bonds is 6. The number of carbonyl (C=O) groups excluding carboxylic acids is 1. The summed E-state index contributed by atoms with van der Waals surface area (Å²) in [4.78, 5) is 16.3. The van der Waals surface area contributed by atoms with Crippen LogP contribution in [0, 0.1) is 0 Å². The monoisotopic (exact) mass is 492 g/mol. The molecule has 188 valence electrons. The molecule has 6 nitrogen and oxygen atoms in total. The van der Waals surface area contributed by atoms with Crippen LogP contribution in [0.15, 0.2) is 79.0 Å². The summed E-state index contributed by atoms with van der Waals surface area (Å²) in [7, 11) is 1.64. The van der Waals surface area contributed by atoms with Crippen molar-refractivity contribution in [3.63, 3.8) is 0 Å². The average Bonchev–Trinajstić information content (AvgIpc) is 3.26. The van der Waals surface area contributed by atoms with E-state index < -0.39 is 0 Å². The minimum absolute atomic E-state index is 0.176. The first-order valence-corrected chi connectivity index (χ1v) is 13.1. The third kappa shape index (κ3) is 4.89. The summed E-state index contributed by atoms with van der Waals surface area (Å²) in [5.74, 6) is 0.546. The van der Waals surface area contributed by atoms with E-state index in [0.717, 1.165) is 54.7 Å². The lowest BCUT2D eigenvalue weighted by molar-refractivity contribution is 0.102. The molecule has 0 radical (unpaired) electrons. The molecule has 1 saturated carbocycles. The average molecular weight is 493 g/mol. The summed E-state index contributed by atoms with van der Waals surface area (Å²) >= 11 is 0. The molecule has 1 fully saturated rings. The molecule has 2 aliphatic rings. The summed E-state index contributed by atoms with van der Waals surface area (Å²) in [6.07, 6.45) is 7.94. The number of para-hydroxylation sites is 1. The molecule has 1 aromatic heterocycles. The zero-order valence-corrected chi connectivity index (χ0v) is 21.2. The molecular formula is C31H32N4O2. The van der Waals surface area contributed by atoms with Crippen molar-refractivity contribution in [3.05, 3.63) is 95.7 Å². The number of methoxy groups -OCH3 is 1. The molecule has 1 aliphatic heterocycles. The Hall–Kier alpha value is -3.90. The zero-order valence-electron chi connectivity index (χ0n) is 21.2. The summed E-state index contributed by atoms with van der Waals surface area (Å²) in [6, 6.07) is 24.6. The number of hydrogen-bond donors (Lipinski definition) is 1. The van der Waals surface area contributed by atoms with Crippen molar-refractivity contribution in [1.82, 2.24) is 14.7 Å². The van der Waals surface area contributed by atoms with Crippen LogP contribution < -0.4 is 10.1 Å². The van der Waals surface area contributed by atoms with E-state index in [-0.39, 0.29) is 5.91 Å². The lowest BCUT2D eigenvalue weighted by Crippen LogP contribution is -2.41. The minimum Gasteiger partial charge on any atom is -0.497 e. The highest BCUT2D eigenvalue weighted by Crippen LogP contribution is 2.30. The normalized spacial score (nSPS) is 15.9. The lowest BCUT2D eigenvalue weighted by Gasteiger charge is -2.36. The molecule has 2 heterocycles. The molecule has 4 aromatic rings. The molecule has 3 aromatic carbocycles. The smallest absolute Gasteiger partial charge is 0.259 e. The van der Waals surface area contributed by atoms with E-state index >= 15 is 0 Å². The molecular weight excluding hydrogens is 460 g/mol. The van der Waals surface area contributed by atoms with Crippen LogP contribution in [0.5, 0.6) is 5.75 Å². The lowest BCUT2D eigenvalue weighted by atomic mass is 9.91. The van der Waals surface area contributed by atoms with Crippen LogP contribution in [0.1, 0.15) is 40.7 Å².